The molecule has 0 aliphatic carbocycles. The van der Waals surface area contributed by atoms with Gasteiger partial charge in [0.1, 0.15) is 5.82 Å². The van der Waals surface area contributed by atoms with Crippen molar-refractivity contribution in [1.82, 2.24) is 9.97 Å². The average molecular weight is 508 g/mol. The number of amides is 2. The zero-order valence-electron chi connectivity index (χ0n) is 20.6. The minimum atomic E-state index is -0.899. The van der Waals surface area contributed by atoms with E-state index in [1.165, 1.54) is 24.4 Å². The SMILES string of the molecule is CC(C)c1cc(C(N)=O)c(F)c(-c2ccc(N)c(C(=O)Nc3cnccc3N3CCC(O)C(N)C3)n2)c1. The Morgan fingerprint density at radius 3 is 2.68 bits per heavy atom. The van der Waals surface area contributed by atoms with Gasteiger partial charge in [-0.3, -0.25) is 14.6 Å². The fourth-order valence-electron chi connectivity index (χ4n) is 4.28. The van der Waals surface area contributed by atoms with Crippen molar-refractivity contribution < 1.29 is 19.1 Å². The number of aliphatic hydroxyl groups excluding tert-OH is 1. The number of aromatic nitrogens is 2. The van der Waals surface area contributed by atoms with E-state index in [9.17, 15) is 14.7 Å². The quantitative estimate of drug-likeness (QED) is 0.338. The number of piperidine rings is 1. The third kappa shape index (κ3) is 5.37. The molecular weight excluding hydrogens is 477 g/mol. The van der Waals surface area contributed by atoms with E-state index in [-0.39, 0.29) is 34.1 Å². The van der Waals surface area contributed by atoms with Crippen LogP contribution in [0.5, 0.6) is 0 Å². The van der Waals surface area contributed by atoms with E-state index in [4.69, 9.17) is 17.2 Å². The number of aliphatic hydroxyl groups is 1. The summed E-state index contributed by atoms with van der Waals surface area (Å²) in [5.41, 5.74) is 19.2. The van der Waals surface area contributed by atoms with Gasteiger partial charge in [-0.1, -0.05) is 13.8 Å². The molecule has 2 atom stereocenters. The van der Waals surface area contributed by atoms with E-state index in [2.05, 4.69) is 15.3 Å². The number of nitrogens with one attached hydrogen (secondary N) is 1. The number of anilines is 3. The number of pyridine rings is 2. The van der Waals surface area contributed by atoms with Crippen molar-refractivity contribution in [3.8, 4) is 11.3 Å². The topological polar surface area (TPSA) is 173 Å². The molecule has 8 N–H and O–H groups in total. The van der Waals surface area contributed by atoms with Gasteiger partial charge in [-0.2, -0.15) is 0 Å². The maximum atomic E-state index is 15.2. The molecule has 3 aromatic rings. The normalized spacial score (nSPS) is 17.6. The molecule has 0 saturated carbocycles. The molecule has 0 bridgehead atoms. The lowest BCUT2D eigenvalue weighted by molar-refractivity contribution is 0.0993. The molecule has 2 aromatic heterocycles. The third-order valence-corrected chi connectivity index (χ3v) is 6.45. The molecule has 1 aliphatic rings. The predicted molar refractivity (Wildman–Crippen MR) is 140 cm³/mol. The Bertz CT molecular complexity index is 1350. The average Bonchev–Trinajstić information content (AvgIpc) is 2.86. The Labute approximate surface area is 213 Å². The van der Waals surface area contributed by atoms with Gasteiger partial charge in [-0.15, -0.1) is 0 Å². The van der Waals surface area contributed by atoms with Crippen LogP contribution >= 0.6 is 0 Å². The summed E-state index contributed by atoms with van der Waals surface area (Å²) < 4.78 is 15.2. The van der Waals surface area contributed by atoms with Crippen molar-refractivity contribution in [3.63, 3.8) is 0 Å². The molecule has 1 fully saturated rings. The summed E-state index contributed by atoms with van der Waals surface area (Å²) in [7, 11) is 0. The lowest BCUT2D eigenvalue weighted by Crippen LogP contribution is -2.51. The molecule has 3 heterocycles. The smallest absolute Gasteiger partial charge is 0.276 e. The summed E-state index contributed by atoms with van der Waals surface area (Å²) in [6.07, 6.45) is 2.99. The van der Waals surface area contributed by atoms with Crippen LogP contribution < -0.4 is 27.4 Å². The van der Waals surface area contributed by atoms with Crippen LogP contribution in [-0.2, 0) is 0 Å². The van der Waals surface area contributed by atoms with Crippen molar-refractivity contribution in [3.05, 3.63) is 65.4 Å². The molecule has 194 valence electrons. The van der Waals surface area contributed by atoms with Crippen LogP contribution in [0.4, 0.5) is 21.5 Å². The van der Waals surface area contributed by atoms with Crippen LogP contribution in [0.25, 0.3) is 11.3 Å². The van der Waals surface area contributed by atoms with Crippen molar-refractivity contribution in [2.75, 3.05) is 29.0 Å². The Hall–Kier alpha value is -4.09. The van der Waals surface area contributed by atoms with Crippen LogP contribution in [-0.4, -0.2) is 52.1 Å². The number of nitrogens with two attached hydrogens (primary N) is 3. The second-order valence-corrected chi connectivity index (χ2v) is 9.40. The van der Waals surface area contributed by atoms with Gasteiger partial charge in [0.2, 0.25) is 0 Å². The zero-order valence-corrected chi connectivity index (χ0v) is 20.6. The number of nitrogen functional groups attached to an aromatic ring is 1. The number of hydrogen-bond acceptors (Lipinski definition) is 8. The van der Waals surface area contributed by atoms with Gasteiger partial charge in [0.15, 0.2) is 5.69 Å². The summed E-state index contributed by atoms with van der Waals surface area (Å²) in [4.78, 5) is 35.5. The summed E-state index contributed by atoms with van der Waals surface area (Å²) in [5.74, 6) is -2.35. The summed E-state index contributed by atoms with van der Waals surface area (Å²) in [6, 6.07) is 7.26. The molecule has 11 heteroatoms. The van der Waals surface area contributed by atoms with Gasteiger partial charge in [0, 0.05) is 30.9 Å². The number of primary amides is 1. The fourth-order valence-corrected chi connectivity index (χ4v) is 4.28. The first kappa shape index (κ1) is 26.0. The number of nitrogens with zero attached hydrogens (tertiary/aromatic N) is 3. The Morgan fingerprint density at radius 1 is 1.24 bits per heavy atom. The summed E-state index contributed by atoms with van der Waals surface area (Å²) in [5, 5.41) is 12.7. The molecule has 1 aliphatic heterocycles. The van der Waals surface area contributed by atoms with E-state index in [0.717, 1.165) is 0 Å². The second kappa shape index (κ2) is 10.5. The highest BCUT2D eigenvalue weighted by molar-refractivity contribution is 6.08. The van der Waals surface area contributed by atoms with E-state index < -0.39 is 29.8 Å². The van der Waals surface area contributed by atoms with E-state index in [1.807, 2.05) is 18.7 Å². The molecule has 37 heavy (non-hydrogen) atoms. The molecular formula is C26H30FN7O3. The monoisotopic (exact) mass is 507 g/mol. The molecule has 2 unspecified atom stereocenters. The summed E-state index contributed by atoms with van der Waals surface area (Å²) >= 11 is 0. The number of benzene rings is 1. The van der Waals surface area contributed by atoms with E-state index >= 15 is 4.39 Å². The Morgan fingerprint density at radius 2 is 2.00 bits per heavy atom. The minimum absolute atomic E-state index is 0.0120. The van der Waals surface area contributed by atoms with E-state index in [1.54, 1.807) is 18.3 Å². The largest absolute Gasteiger partial charge is 0.397 e. The summed E-state index contributed by atoms with van der Waals surface area (Å²) in [6.45, 7) is 4.75. The highest BCUT2D eigenvalue weighted by Crippen LogP contribution is 2.31. The maximum Gasteiger partial charge on any atom is 0.276 e. The molecule has 0 spiro atoms. The third-order valence-electron chi connectivity index (χ3n) is 6.45. The Balaban J connectivity index is 1.68. The number of halogens is 1. The fraction of sp³-hybridized carbons (Fsp3) is 0.308. The van der Waals surface area contributed by atoms with Crippen molar-refractivity contribution in [1.29, 1.82) is 0 Å². The second-order valence-electron chi connectivity index (χ2n) is 9.40. The van der Waals surface area contributed by atoms with Gasteiger partial charge in [-0.05, 0) is 48.2 Å². The van der Waals surface area contributed by atoms with Gasteiger partial charge < -0.3 is 32.5 Å². The van der Waals surface area contributed by atoms with Gasteiger partial charge in [0.05, 0.1) is 40.6 Å². The first-order chi connectivity index (χ1) is 17.6. The lowest BCUT2D eigenvalue weighted by Gasteiger charge is -2.36. The lowest BCUT2D eigenvalue weighted by atomic mass is 9.95. The van der Waals surface area contributed by atoms with Gasteiger partial charge >= 0.3 is 0 Å². The molecule has 1 aromatic carbocycles. The minimum Gasteiger partial charge on any atom is -0.397 e. The molecule has 2 amide bonds. The molecule has 4 rings (SSSR count). The van der Waals surface area contributed by atoms with Crippen LogP contribution in [0, 0.1) is 5.82 Å². The van der Waals surface area contributed by atoms with Crippen molar-refractivity contribution in [2.24, 2.45) is 11.5 Å². The van der Waals surface area contributed by atoms with Gasteiger partial charge in [-0.25, -0.2) is 9.37 Å². The van der Waals surface area contributed by atoms with Crippen LogP contribution in [0.1, 0.15) is 52.6 Å². The number of carbonyl (C=O) groups excluding carboxylic acids is 2. The first-order valence-corrected chi connectivity index (χ1v) is 11.9. The number of rotatable bonds is 6. The highest BCUT2D eigenvalue weighted by atomic mass is 19.1. The van der Waals surface area contributed by atoms with E-state index in [0.29, 0.717) is 36.4 Å². The molecule has 0 radical (unpaired) electrons. The Kier molecular flexibility index (Phi) is 7.37. The standard InChI is InChI=1S/C26H30FN7O3/c1-13(2)14-9-15(23(27)16(10-14)25(30)36)19-4-3-17(28)24(32-19)26(37)33-20-11-31-7-5-21(20)34-8-6-22(35)18(29)12-34/h3-5,7,9-11,13,18,22,35H,6,8,12,28-29H2,1-2H3,(H2,30,36)(H,33,37). The highest BCUT2D eigenvalue weighted by Gasteiger charge is 2.27. The zero-order chi connectivity index (χ0) is 26.9. The molecule has 10 nitrogen and oxygen atoms in total. The van der Waals surface area contributed by atoms with Crippen LogP contribution in [0.2, 0.25) is 0 Å². The molecule has 1 saturated heterocycles. The van der Waals surface area contributed by atoms with Crippen molar-refractivity contribution >= 4 is 28.9 Å². The van der Waals surface area contributed by atoms with Crippen LogP contribution in [0.3, 0.4) is 0 Å². The van der Waals surface area contributed by atoms with Gasteiger partial charge in [0.25, 0.3) is 11.8 Å². The van der Waals surface area contributed by atoms with Crippen molar-refractivity contribution in [2.45, 2.75) is 38.3 Å². The van der Waals surface area contributed by atoms with Crippen LogP contribution in [0.15, 0.2) is 42.7 Å². The first-order valence-electron chi connectivity index (χ1n) is 11.9. The predicted octanol–water partition coefficient (Wildman–Crippen LogP) is 2.24. The number of hydrogen-bond donors (Lipinski definition) is 5. The number of carbonyl (C=O) groups is 2. The maximum absolute atomic E-state index is 15.2.